The van der Waals surface area contributed by atoms with Gasteiger partial charge in [-0.15, -0.1) is 0 Å². The topological polar surface area (TPSA) is 93.5 Å². The number of fused-ring (bicyclic) bond motifs is 1. The fourth-order valence-electron chi connectivity index (χ4n) is 3.84. The smallest absolute Gasteiger partial charge is 0.415 e. The lowest BCUT2D eigenvalue weighted by molar-refractivity contribution is -0.135. The van der Waals surface area contributed by atoms with Crippen LogP contribution < -0.4 is 4.90 Å². The van der Waals surface area contributed by atoms with Crippen molar-refractivity contribution >= 4 is 29.4 Å². The van der Waals surface area contributed by atoms with Gasteiger partial charge in [-0.3, -0.25) is 9.69 Å². The summed E-state index contributed by atoms with van der Waals surface area (Å²) in [6.45, 7) is 5.92. The highest BCUT2D eigenvalue weighted by Crippen LogP contribution is 2.41. The minimum absolute atomic E-state index is 0.160. The van der Waals surface area contributed by atoms with Crippen LogP contribution in [-0.2, 0) is 16.1 Å². The first-order chi connectivity index (χ1) is 13.0. The third-order valence-corrected chi connectivity index (χ3v) is 6.16. The van der Waals surface area contributed by atoms with E-state index in [2.05, 4.69) is 13.9 Å². The molecule has 2 fully saturated rings. The molecule has 0 bridgehead atoms. The molecule has 1 aliphatic carbocycles. The minimum atomic E-state index is -0.395. The fourth-order valence-corrected chi connectivity index (χ4v) is 4.51. The van der Waals surface area contributed by atoms with E-state index >= 15 is 0 Å². The molecule has 1 unspecified atom stereocenters. The van der Waals surface area contributed by atoms with Crippen molar-refractivity contribution in [2.45, 2.75) is 39.3 Å². The molecule has 2 aliphatic heterocycles. The number of cyclic esters (lactones) is 1. The summed E-state index contributed by atoms with van der Waals surface area (Å²) in [5, 5.41) is 0.724. The lowest BCUT2D eigenvalue weighted by Gasteiger charge is -2.36. The van der Waals surface area contributed by atoms with Crippen LogP contribution in [0.2, 0.25) is 0 Å². The SMILES string of the molecule is Cc1nsc(-c2nc(N3CCOC3=O)c3n2CCN(C(=O)C2CC2)C3C)n1. The first-order valence-corrected chi connectivity index (χ1v) is 9.98. The van der Waals surface area contributed by atoms with E-state index in [1.807, 2.05) is 18.7 Å². The lowest BCUT2D eigenvalue weighted by Crippen LogP contribution is -2.42. The van der Waals surface area contributed by atoms with Crippen molar-refractivity contribution in [1.29, 1.82) is 0 Å². The quantitative estimate of drug-likeness (QED) is 0.798. The molecule has 0 N–H and O–H groups in total. The minimum Gasteiger partial charge on any atom is -0.447 e. The van der Waals surface area contributed by atoms with Crippen molar-refractivity contribution in [2.75, 3.05) is 24.6 Å². The van der Waals surface area contributed by atoms with Crippen LogP contribution in [-0.4, -0.2) is 55.5 Å². The van der Waals surface area contributed by atoms with Crippen LogP contribution in [0.3, 0.4) is 0 Å². The standard InChI is InChI=1S/C17H20N6O3S/c1-9-12-13(23-7-8-26-17(23)25)19-14(15-18-10(2)20-27-15)22(12)6-5-21(9)16(24)11-3-4-11/h9,11H,3-8H2,1-2H3. The van der Waals surface area contributed by atoms with E-state index in [0.717, 1.165) is 23.5 Å². The van der Waals surface area contributed by atoms with Crippen molar-refractivity contribution in [3.63, 3.8) is 0 Å². The van der Waals surface area contributed by atoms with E-state index in [9.17, 15) is 9.59 Å². The number of hydrogen-bond donors (Lipinski definition) is 0. The predicted octanol–water partition coefficient (Wildman–Crippen LogP) is 1.98. The van der Waals surface area contributed by atoms with Crippen molar-refractivity contribution in [3.05, 3.63) is 11.5 Å². The summed E-state index contributed by atoms with van der Waals surface area (Å²) in [5.74, 6) is 2.34. The third kappa shape index (κ3) is 2.61. The molecule has 0 radical (unpaired) electrons. The number of carbonyl (C=O) groups is 2. The van der Waals surface area contributed by atoms with Gasteiger partial charge in [-0.1, -0.05) is 0 Å². The number of aryl methyl sites for hydroxylation is 1. The Balaban J connectivity index is 1.62. The maximum Gasteiger partial charge on any atom is 0.415 e. The summed E-state index contributed by atoms with van der Waals surface area (Å²) in [5.41, 5.74) is 0.872. The summed E-state index contributed by atoms with van der Waals surface area (Å²) >= 11 is 1.30. The molecular weight excluding hydrogens is 368 g/mol. The average molecular weight is 388 g/mol. The van der Waals surface area contributed by atoms with E-state index in [1.165, 1.54) is 11.5 Å². The number of carbonyl (C=O) groups excluding carboxylic acids is 2. The maximum absolute atomic E-state index is 12.7. The molecule has 2 aromatic heterocycles. The summed E-state index contributed by atoms with van der Waals surface area (Å²) in [6.07, 6.45) is 1.55. The van der Waals surface area contributed by atoms with Gasteiger partial charge in [0.05, 0.1) is 18.3 Å². The number of aromatic nitrogens is 4. The number of ether oxygens (including phenoxy) is 1. The molecule has 142 valence electrons. The molecule has 1 saturated heterocycles. The maximum atomic E-state index is 12.7. The van der Waals surface area contributed by atoms with E-state index in [-0.39, 0.29) is 17.9 Å². The Kier molecular flexibility index (Phi) is 3.71. The Bertz CT molecular complexity index is 933. The monoisotopic (exact) mass is 388 g/mol. The zero-order chi connectivity index (χ0) is 18.7. The highest BCUT2D eigenvalue weighted by molar-refractivity contribution is 7.09. The van der Waals surface area contributed by atoms with Gasteiger partial charge in [0, 0.05) is 19.0 Å². The molecule has 27 heavy (non-hydrogen) atoms. The van der Waals surface area contributed by atoms with E-state index < -0.39 is 6.09 Å². The first-order valence-electron chi connectivity index (χ1n) is 9.20. The van der Waals surface area contributed by atoms with Crippen LogP contribution in [0.4, 0.5) is 10.6 Å². The molecule has 2 aromatic rings. The van der Waals surface area contributed by atoms with Gasteiger partial charge < -0.3 is 14.2 Å². The molecule has 5 rings (SSSR count). The Morgan fingerprint density at radius 1 is 1.22 bits per heavy atom. The van der Waals surface area contributed by atoms with Gasteiger partial charge in [0.2, 0.25) is 5.91 Å². The zero-order valence-electron chi connectivity index (χ0n) is 15.2. The highest BCUT2D eigenvalue weighted by Gasteiger charge is 2.42. The van der Waals surface area contributed by atoms with E-state index in [0.29, 0.717) is 43.7 Å². The normalized spacial score (nSPS) is 22.1. The molecule has 3 aliphatic rings. The van der Waals surface area contributed by atoms with Gasteiger partial charge in [0.1, 0.15) is 12.4 Å². The third-order valence-electron chi connectivity index (χ3n) is 5.36. The van der Waals surface area contributed by atoms with Gasteiger partial charge in [0.25, 0.3) is 0 Å². The van der Waals surface area contributed by atoms with E-state index in [4.69, 9.17) is 9.72 Å². The van der Waals surface area contributed by atoms with Crippen LogP contribution in [0.15, 0.2) is 0 Å². The van der Waals surface area contributed by atoms with Gasteiger partial charge in [-0.05, 0) is 38.2 Å². The number of amides is 2. The van der Waals surface area contributed by atoms with Crippen molar-refractivity contribution < 1.29 is 14.3 Å². The zero-order valence-corrected chi connectivity index (χ0v) is 16.0. The first kappa shape index (κ1) is 16.7. The van der Waals surface area contributed by atoms with Crippen LogP contribution >= 0.6 is 11.5 Å². The molecular formula is C17H20N6O3S. The van der Waals surface area contributed by atoms with Gasteiger partial charge in [-0.2, -0.15) is 4.37 Å². The second kappa shape index (κ2) is 6.01. The second-order valence-electron chi connectivity index (χ2n) is 7.19. The summed E-state index contributed by atoms with van der Waals surface area (Å²) in [6, 6.07) is -0.162. The molecule has 1 saturated carbocycles. The molecule has 4 heterocycles. The number of anilines is 1. The number of rotatable bonds is 3. The van der Waals surface area contributed by atoms with Crippen molar-refractivity contribution in [2.24, 2.45) is 5.92 Å². The number of hydrogen-bond acceptors (Lipinski definition) is 7. The summed E-state index contributed by atoms with van der Waals surface area (Å²) in [7, 11) is 0. The van der Waals surface area contributed by atoms with Crippen LogP contribution in [0, 0.1) is 12.8 Å². The molecule has 0 aromatic carbocycles. The Morgan fingerprint density at radius 3 is 2.67 bits per heavy atom. The van der Waals surface area contributed by atoms with Crippen LogP contribution in [0.1, 0.15) is 37.3 Å². The fraction of sp³-hybridized carbons (Fsp3) is 0.588. The Hall–Kier alpha value is -2.49. The number of imidazole rings is 1. The van der Waals surface area contributed by atoms with Gasteiger partial charge >= 0.3 is 6.09 Å². The lowest BCUT2D eigenvalue weighted by atomic mass is 10.1. The van der Waals surface area contributed by atoms with Crippen molar-refractivity contribution in [3.8, 4) is 10.8 Å². The second-order valence-corrected chi connectivity index (χ2v) is 7.94. The van der Waals surface area contributed by atoms with Crippen LogP contribution in [0.5, 0.6) is 0 Å². The molecule has 2 amide bonds. The van der Waals surface area contributed by atoms with Gasteiger partial charge in [0.15, 0.2) is 16.6 Å². The van der Waals surface area contributed by atoms with Gasteiger partial charge in [-0.25, -0.2) is 14.8 Å². The Morgan fingerprint density at radius 2 is 2.04 bits per heavy atom. The average Bonchev–Trinajstić information content (AvgIpc) is 3.09. The highest BCUT2D eigenvalue weighted by atomic mass is 32.1. The Labute approximate surface area is 160 Å². The molecule has 0 spiro atoms. The summed E-state index contributed by atoms with van der Waals surface area (Å²) in [4.78, 5) is 37.7. The van der Waals surface area contributed by atoms with E-state index in [1.54, 1.807) is 4.90 Å². The molecule has 1 atom stereocenters. The molecule has 9 nitrogen and oxygen atoms in total. The van der Waals surface area contributed by atoms with Crippen molar-refractivity contribution in [1.82, 2.24) is 23.8 Å². The van der Waals surface area contributed by atoms with Crippen LogP contribution in [0.25, 0.3) is 10.8 Å². The molecule has 10 heteroatoms. The number of nitrogens with zero attached hydrogens (tertiary/aromatic N) is 6. The predicted molar refractivity (Wildman–Crippen MR) is 97.4 cm³/mol. The summed E-state index contributed by atoms with van der Waals surface area (Å²) < 4.78 is 11.5. The largest absolute Gasteiger partial charge is 0.447 e.